The number of carbonyl (C=O) groups excluding carboxylic acids is 1. The standard InChI is InChI=1S/C15H11F4NO2/c16-12-3-1-2-4-13(12)20-14(21)9-22-11-7-5-10(6-8-11)15(17,18)19/h1-8H,9H2,(H,20,21). The molecule has 0 atom stereocenters. The lowest BCUT2D eigenvalue weighted by atomic mass is 10.2. The summed E-state index contributed by atoms with van der Waals surface area (Å²) in [6.45, 7) is -0.445. The number of nitrogens with one attached hydrogen (secondary N) is 1. The summed E-state index contributed by atoms with van der Waals surface area (Å²) >= 11 is 0. The van der Waals surface area contributed by atoms with Gasteiger partial charge in [-0.3, -0.25) is 4.79 Å². The first-order chi connectivity index (χ1) is 10.4. The Labute approximate surface area is 123 Å². The third-order valence-corrected chi connectivity index (χ3v) is 2.70. The maximum absolute atomic E-state index is 13.3. The molecule has 2 aromatic rings. The fourth-order valence-corrected chi connectivity index (χ4v) is 1.64. The van der Waals surface area contributed by atoms with Crippen LogP contribution >= 0.6 is 0 Å². The van der Waals surface area contributed by atoms with Gasteiger partial charge < -0.3 is 10.1 Å². The number of anilines is 1. The molecular formula is C15H11F4NO2. The Morgan fingerprint density at radius 2 is 1.68 bits per heavy atom. The number of carbonyl (C=O) groups is 1. The zero-order valence-electron chi connectivity index (χ0n) is 11.2. The topological polar surface area (TPSA) is 38.3 Å². The van der Waals surface area contributed by atoms with Gasteiger partial charge in [-0.25, -0.2) is 4.39 Å². The van der Waals surface area contributed by atoms with Crippen LogP contribution in [0, 0.1) is 5.82 Å². The van der Waals surface area contributed by atoms with Crippen molar-refractivity contribution in [3.05, 3.63) is 59.9 Å². The summed E-state index contributed by atoms with van der Waals surface area (Å²) in [4.78, 5) is 11.6. The zero-order chi connectivity index (χ0) is 16.2. The van der Waals surface area contributed by atoms with E-state index < -0.39 is 30.1 Å². The Morgan fingerprint density at radius 3 is 2.27 bits per heavy atom. The van der Waals surface area contributed by atoms with Crippen LogP contribution in [-0.4, -0.2) is 12.5 Å². The maximum Gasteiger partial charge on any atom is 0.416 e. The molecule has 0 fully saturated rings. The highest BCUT2D eigenvalue weighted by molar-refractivity contribution is 5.91. The summed E-state index contributed by atoms with van der Waals surface area (Å²) in [5.41, 5.74) is -0.806. The second-order valence-electron chi connectivity index (χ2n) is 4.34. The molecule has 7 heteroatoms. The maximum atomic E-state index is 13.3. The Kier molecular flexibility index (Phi) is 4.65. The van der Waals surface area contributed by atoms with Crippen LogP contribution in [0.2, 0.25) is 0 Å². The van der Waals surface area contributed by atoms with Crippen LogP contribution in [0.1, 0.15) is 5.56 Å². The van der Waals surface area contributed by atoms with Crippen molar-refractivity contribution in [3.8, 4) is 5.75 Å². The van der Waals surface area contributed by atoms with Gasteiger partial charge in [-0.1, -0.05) is 12.1 Å². The molecule has 1 amide bonds. The Hall–Kier alpha value is -2.57. The van der Waals surface area contributed by atoms with Gasteiger partial charge in [0, 0.05) is 0 Å². The van der Waals surface area contributed by atoms with Crippen molar-refractivity contribution < 1.29 is 27.1 Å². The smallest absolute Gasteiger partial charge is 0.416 e. The van der Waals surface area contributed by atoms with E-state index in [1.807, 2.05) is 0 Å². The number of halogens is 4. The van der Waals surface area contributed by atoms with E-state index in [0.29, 0.717) is 0 Å². The predicted molar refractivity (Wildman–Crippen MR) is 72.0 cm³/mol. The predicted octanol–water partition coefficient (Wildman–Crippen LogP) is 3.86. The molecule has 0 saturated carbocycles. The summed E-state index contributed by atoms with van der Waals surface area (Å²) < 4.78 is 55.5. The first-order valence-corrected chi connectivity index (χ1v) is 6.21. The molecule has 0 unspecified atom stereocenters. The summed E-state index contributed by atoms with van der Waals surface area (Å²) in [5, 5.41) is 2.30. The van der Waals surface area contributed by atoms with E-state index in [-0.39, 0.29) is 11.4 Å². The van der Waals surface area contributed by atoms with Crippen LogP contribution in [-0.2, 0) is 11.0 Å². The van der Waals surface area contributed by atoms with E-state index in [2.05, 4.69) is 5.32 Å². The molecule has 0 saturated heterocycles. The fraction of sp³-hybridized carbons (Fsp3) is 0.133. The monoisotopic (exact) mass is 313 g/mol. The van der Waals surface area contributed by atoms with Crippen LogP contribution < -0.4 is 10.1 Å². The minimum absolute atomic E-state index is 0.00326. The number of hydrogen-bond acceptors (Lipinski definition) is 2. The van der Waals surface area contributed by atoms with Crippen molar-refractivity contribution >= 4 is 11.6 Å². The minimum atomic E-state index is -4.43. The average Bonchev–Trinajstić information content (AvgIpc) is 2.47. The van der Waals surface area contributed by atoms with Gasteiger partial charge in [0.15, 0.2) is 6.61 Å². The van der Waals surface area contributed by atoms with Gasteiger partial charge in [-0.05, 0) is 36.4 Å². The largest absolute Gasteiger partial charge is 0.484 e. The molecule has 0 aliphatic carbocycles. The van der Waals surface area contributed by atoms with Crippen molar-refractivity contribution in [3.63, 3.8) is 0 Å². The van der Waals surface area contributed by atoms with E-state index in [4.69, 9.17) is 4.74 Å². The lowest BCUT2D eigenvalue weighted by Crippen LogP contribution is -2.20. The van der Waals surface area contributed by atoms with Crippen LogP contribution in [0.5, 0.6) is 5.75 Å². The molecule has 3 nitrogen and oxygen atoms in total. The highest BCUT2D eigenvalue weighted by atomic mass is 19.4. The zero-order valence-corrected chi connectivity index (χ0v) is 11.2. The summed E-state index contributed by atoms with van der Waals surface area (Å²) in [5.74, 6) is -1.10. The third kappa shape index (κ3) is 4.21. The van der Waals surface area contributed by atoms with Crippen molar-refractivity contribution in [1.29, 1.82) is 0 Å². The Morgan fingerprint density at radius 1 is 1.05 bits per heavy atom. The highest BCUT2D eigenvalue weighted by Gasteiger charge is 2.30. The highest BCUT2D eigenvalue weighted by Crippen LogP contribution is 2.30. The SMILES string of the molecule is O=C(COc1ccc(C(F)(F)F)cc1)Nc1ccccc1F. The number of amides is 1. The van der Waals surface area contributed by atoms with E-state index in [1.165, 1.54) is 18.2 Å². The third-order valence-electron chi connectivity index (χ3n) is 2.70. The van der Waals surface area contributed by atoms with Gasteiger partial charge in [-0.15, -0.1) is 0 Å². The molecule has 0 spiro atoms. The van der Waals surface area contributed by atoms with Crippen LogP contribution in [0.3, 0.4) is 0 Å². The second kappa shape index (κ2) is 6.46. The fourth-order valence-electron chi connectivity index (χ4n) is 1.64. The van der Waals surface area contributed by atoms with Gasteiger partial charge in [0.25, 0.3) is 5.91 Å². The molecular weight excluding hydrogens is 302 g/mol. The number of hydrogen-bond donors (Lipinski definition) is 1. The summed E-state index contributed by atoms with van der Waals surface area (Å²) in [6.07, 6.45) is -4.43. The second-order valence-corrected chi connectivity index (χ2v) is 4.34. The van der Waals surface area contributed by atoms with E-state index in [9.17, 15) is 22.4 Å². The van der Waals surface area contributed by atoms with Gasteiger partial charge in [0.05, 0.1) is 11.3 Å². The molecule has 1 N–H and O–H groups in total. The minimum Gasteiger partial charge on any atom is -0.484 e. The van der Waals surface area contributed by atoms with E-state index >= 15 is 0 Å². The number of benzene rings is 2. The van der Waals surface area contributed by atoms with Crippen molar-refractivity contribution in [2.45, 2.75) is 6.18 Å². The average molecular weight is 313 g/mol. The molecule has 2 rings (SSSR count). The number of rotatable bonds is 4. The van der Waals surface area contributed by atoms with Crippen molar-refractivity contribution in [2.75, 3.05) is 11.9 Å². The molecule has 0 heterocycles. The normalized spacial score (nSPS) is 11.1. The molecule has 0 aliphatic rings. The molecule has 116 valence electrons. The summed E-state index contributed by atoms with van der Waals surface area (Å²) in [6, 6.07) is 9.52. The van der Waals surface area contributed by atoms with Gasteiger partial charge >= 0.3 is 6.18 Å². The van der Waals surface area contributed by atoms with Crippen molar-refractivity contribution in [1.82, 2.24) is 0 Å². The summed E-state index contributed by atoms with van der Waals surface area (Å²) in [7, 11) is 0. The van der Waals surface area contributed by atoms with Crippen LogP contribution in [0.15, 0.2) is 48.5 Å². The van der Waals surface area contributed by atoms with Gasteiger partial charge in [0.2, 0.25) is 0 Å². The van der Waals surface area contributed by atoms with Crippen LogP contribution in [0.4, 0.5) is 23.2 Å². The lowest BCUT2D eigenvalue weighted by Gasteiger charge is -2.10. The van der Waals surface area contributed by atoms with E-state index in [0.717, 1.165) is 24.3 Å². The first-order valence-electron chi connectivity index (χ1n) is 6.21. The lowest BCUT2D eigenvalue weighted by molar-refractivity contribution is -0.137. The van der Waals surface area contributed by atoms with Crippen molar-refractivity contribution in [2.24, 2.45) is 0 Å². The van der Waals surface area contributed by atoms with Gasteiger partial charge in [-0.2, -0.15) is 13.2 Å². The molecule has 2 aromatic carbocycles. The molecule has 0 bridgehead atoms. The van der Waals surface area contributed by atoms with Crippen LogP contribution in [0.25, 0.3) is 0 Å². The molecule has 22 heavy (non-hydrogen) atoms. The first kappa shape index (κ1) is 15.8. The number of alkyl halides is 3. The molecule has 0 aliphatic heterocycles. The number of ether oxygens (including phenoxy) is 1. The quantitative estimate of drug-likeness (QED) is 0.870. The molecule has 0 radical (unpaired) electrons. The Balaban J connectivity index is 1.90. The molecule has 0 aromatic heterocycles. The van der Waals surface area contributed by atoms with Gasteiger partial charge in [0.1, 0.15) is 11.6 Å². The van der Waals surface area contributed by atoms with E-state index in [1.54, 1.807) is 6.07 Å². The number of para-hydroxylation sites is 1. The Bertz CT molecular complexity index is 653.